The van der Waals surface area contributed by atoms with Gasteiger partial charge >= 0.3 is 0 Å². The molecule has 0 spiro atoms. The quantitative estimate of drug-likeness (QED) is 0.734. The van der Waals surface area contributed by atoms with Crippen LogP contribution in [0.2, 0.25) is 0 Å². The maximum atomic E-state index is 12.4. The first-order valence-electron chi connectivity index (χ1n) is 7.94. The van der Waals surface area contributed by atoms with Crippen LogP contribution in [0.3, 0.4) is 0 Å². The highest BCUT2D eigenvalue weighted by Crippen LogP contribution is 2.28. The Hall–Kier alpha value is -2.51. The van der Waals surface area contributed by atoms with Crippen molar-refractivity contribution in [2.45, 2.75) is 13.0 Å². The number of nitrogens with zero attached hydrogens (tertiary/aromatic N) is 3. The van der Waals surface area contributed by atoms with E-state index in [4.69, 9.17) is 4.74 Å². The predicted octanol–water partition coefficient (Wildman–Crippen LogP) is 3.33. The number of anilines is 1. The number of para-hydroxylation sites is 1. The van der Waals surface area contributed by atoms with Crippen LogP contribution in [0.4, 0.5) is 5.69 Å². The Bertz CT molecular complexity index is 880. The van der Waals surface area contributed by atoms with E-state index in [0.717, 1.165) is 34.1 Å². The molecule has 0 aliphatic heterocycles. The molecule has 25 heavy (non-hydrogen) atoms. The summed E-state index contributed by atoms with van der Waals surface area (Å²) in [6, 6.07) is 13.5. The molecule has 130 valence electrons. The van der Waals surface area contributed by atoms with Crippen LogP contribution in [-0.4, -0.2) is 40.3 Å². The molecule has 1 amide bonds. The molecule has 1 unspecified atom stereocenters. The third-order valence-corrected chi connectivity index (χ3v) is 4.75. The molecule has 3 rings (SSSR count). The molecule has 0 aliphatic rings. The number of carbonyl (C=O) groups is 1. The van der Waals surface area contributed by atoms with Crippen molar-refractivity contribution in [2.75, 3.05) is 26.0 Å². The van der Waals surface area contributed by atoms with Gasteiger partial charge in [0.2, 0.25) is 5.91 Å². The third kappa shape index (κ3) is 3.78. The number of methoxy groups -OCH3 is 1. The first kappa shape index (κ1) is 17.3. The Balaban J connectivity index is 1.69. The first-order valence-corrected chi connectivity index (χ1v) is 8.67. The van der Waals surface area contributed by atoms with Gasteiger partial charge in [0.15, 0.2) is 0 Å². The van der Waals surface area contributed by atoms with Gasteiger partial charge in [-0.2, -0.15) is 8.75 Å². The number of likely N-dealkylation sites (N-methyl/N-ethyl adjacent to an activating group) is 1. The molecule has 1 atom stereocenters. The summed E-state index contributed by atoms with van der Waals surface area (Å²) >= 11 is 1.14. The Labute approximate surface area is 150 Å². The van der Waals surface area contributed by atoms with Gasteiger partial charge in [-0.25, -0.2) is 0 Å². The van der Waals surface area contributed by atoms with Crippen molar-refractivity contribution in [3.63, 3.8) is 0 Å². The molecule has 0 saturated heterocycles. The lowest BCUT2D eigenvalue weighted by atomic mass is 10.1. The van der Waals surface area contributed by atoms with Gasteiger partial charge in [0.25, 0.3) is 0 Å². The molecule has 0 fully saturated rings. The van der Waals surface area contributed by atoms with E-state index >= 15 is 0 Å². The summed E-state index contributed by atoms with van der Waals surface area (Å²) in [4.78, 5) is 14.4. The molecule has 1 aromatic heterocycles. The monoisotopic (exact) mass is 356 g/mol. The molecule has 7 heteroatoms. The highest BCUT2D eigenvalue weighted by molar-refractivity contribution is 7.00. The van der Waals surface area contributed by atoms with E-state index in [1.807, 2.05) is 54.4 Å². The standard InChI is InChI=1S/C18H20N4O2S/c1-12(13-7-4-5-10-16(13)24-3)22(2)11-17(23)19-14-8-6-9-15-18(14)21-25-20-15/h4-10,12H,11H2,1-3H3,(H,19,23). The number of fused-ring (bicyclic) bond motifs is 1. The van der Waals surface area contributed by atoms with Crippen molar-refractivity contribution >= 4 is 34.4 Å². The normalized spacial score (nSPS) is 12.3. The van der Waals surface area contributed by atoms with E-state index in [9.17, 15) is 4.79 Å². The van der Waals surface area contributed by atoms with Crippen LogP contribution in [0.15, 0.2) is 42.5 Å². The molecular formula is C18H20N4O2S. The number of benzene rings is 2. The van der Waals surface area contributed by atoms with Crippen LogP contribution in [0, 0.1) is 0 Å². The molecule has 0 radical (unpaired) electrons. The average Bonchev–Trinajstić information content (AvgIpc) is 3.10. The number of carbonyl (C=O) groups excluding carboxylic acids is 1. The van der Waals surface area contributed by atoms with E-state index in [-0.39, 0.29) is 18.5 Å². The van der Waals surface area contributed by atoms with Gasteiger partial charge in [0.1, 0.15) is 16.8 Å². The van der Waals surface area contributed by atoms with Crippen molar-refractivity contribution in [3.05, 3.63) is 48.0 Å². The number of amides is 1. The van der Waals surface area contributed by atoms with E-state index in [1.54, 1.807) is 7.11 Å². The van der Waals surface area contributed by atoms with E-state index in [1.165, 1.54) is 0 Å². The topological polar surface area (TPSA) is 67.3 Å². The molecule has 1 heterocycles. The lowest BCUT2D eigenvalue weighted by Gasteiger charge is -2.25. The van der Waals surface area contributed by atoms with E-state index in [0.29, 0.717) is 5.69 Å². The summed E-state index contributed by atoms with van der Waals surface area (Å²) in [6.45, 7) is 2.31. The number of nitrogens with one attached hydrogen (secondary N) is 1. The second kappa shape index (κ2) is 7.58. The van der Waals surface area contributed by atoms with Crippen molar-refractivity contribution in [2.24, 2.45) is 0 Å². The lowest BCUT2D eigenvalue weighted by Crippen LogP contribution is -2.32. The van der Waals surface area contributed by atoms with E-state index < -0.39 is 0 Å². The van der Waals surface area contributed by atoms with Crippen LogP contribution in [0.1, 0.15) is 18.5 Å². The van der Waals surface area contributed by atoms with Gasteiger partial charge in [-0.15, -0.1) is 0 Å². The minimum Gasteiger partial charge on any atom is -0.496 e. The SMILES string of the molecule is COc1ccccc1C(C)N(C)CC(=O)Nc1cccc2nsnc12. The highest BCUT2D eigenvalue weighted by atomic mass is 32.1. The number of hydrogen-bond acceptors (Lipinski definition) is 6. The molecule has 0 saturated carbocycles. The largest absolute Gasteiger partial charge is 0.496 e. The Morgan fingerprint density at radius 3 is 2.84 bits per heavy atom. The summed E-state index contributed by atoms with van der Waals surface area (Å²) in [5.74, 6) is 0.727. The van der Waals surface area contributed by atoms with Crippen LogP contribution in [0.25, 0.3) is 11.0 Å². The Morgan fingerprint density at radius 2 is 2.04 bits per heavy atom. The van der Waals surface area contributed by atoms with Gasteiger partial charge in [0.05, 0.1) is 31.1 Å². The highest BCUT2D eigenvalue weighted by Gasteiger charge is 2.18. The fourth-order valence-corrected chi connectivity index (χ4v) is 3.26. The van der Waals surface area contributed by atoms with E-state index in [2.05, 4.69) is 21.0 Å². The zero-order valence-electron chi connectivity index (χ0n) is 14.4. The molecule has 6 nitrogen and oxygen atoms in total. The number of rotatable bonds is 6. The number of aromatic nitrogens is 2. The van der Waals surface area contributed by atoms with Crippen LogP contribution in [0.5, 0.6) is 5.75 Å². The smallest absolute Gasteiger partial charge is 0.238 e. The summed E-state index contributed by atoms with van der Waals surface area (Å²) in [5, 5.41) is 2.93. The molecule has 0 bridgehead atoms. The summed E-state index contributed by atoms with van der Waals surface area (Å²) in [6.07, 6.45) is 0. The molecule has 1 N–H and O–H groups in total. The molecular weight excluding hydrogens is 336 g/mol. The van der Waals surface area contributed by atoms with Crippen molar-refractivity contribution < 1.29 is 9.53 Å². The maximum Gasteiger partial charge on any atom is 0.238 e. The summed E-state index contributed by atoms with van der Waals surface area (Å²) in [5.41, 5.74) is 3.25. The van der Waals surface area contributed by atoms with Gasteiger partial charge in [-0.3, -0.25) is 9.69 Å². The first-order chi connectivity index (χ1) is 12.1. The Kier molecular flexibility index (Phi) is 5.25. The summed E-state index contributed by atoms with van der Waals surface area (Å²) < 4.78 is 13.8. The van der Waals surface area contributed by atoms with Crippen LogP contribution in [-0.2, 0) is 4.79 Å². The van der Waals surface area contributed by atoms with Gasteiger partial charge < -0.3 is 10.1 Å². The van der Waals surface area contributed by atoms with Crippen molar-refractivity contribution in [3.8, 4) is 5.75 Å². The van der Waals surface area contributed by atoms with Gasteiger partial charge in [0, 0.05) is 11.6 Å². The second-order valence-corrected chi connectivity index (χ2v) is 6.35. The van der Waals surface area contributed by atoms with Crippen LogP contribution >= 0.6 is 11.7 Å². The zero-order valence-corrected chi connectivity index (χ0v) is 15.2. The Morgan fingerprint density at radius 1 is 1.24 bits per heavy atom. The third-order valence-electron chi connectivity index (χ3n) is 4.20. The number of ether oxygens (including phenoxy) is 1. The van der Waals surface area contributed by atoms with Crippen molar-refractivity contribution in [1.82, 2.24) is 13.6 Å². The van der Waals surface area contributed by atoms with Gasteiger partial charge in [-0.05, 0) is 32.2 Å². The van der Waals surface area contributed by atoms with Crippen molar-refractivity contribution in [1.29, 1.82) is 0 Å². The second-order valence-electron chi connectivity index (χ2n) is 5.82. The van der Waals surface area contributed by atoms with Crippen LogP contribution < -0.4 is 10.1 Å². The zero-order chi connectivity index (χ0) is 17.8. The summed E-state index contributed by atoms with van der Waals surface area (Å²) in [7, 11) is 3.57. The fraction of sp³-hybridized carbons (Fsp3) is 0.278. The maximum absolute atomic E-state index is 12.4. The van der Waals surface area contributed by atoms with Gasteiger partial charge in [-0.1, -0.05) is 24.3 Å². The molecule has 3 aromatic rings. The lowest BCUT2D eigenvalue weighted by molar-refractivity contribution is -0.117. The average molecular weight is 356 g/mol. The predicted molar refractivity (Wildman–Crippen MR) is 100 cm³/mol. The minimum absolute atomic E-state index is 0.0404. The minimum atomic E-state index is -0.0928. The fourth-order valence-electron chi connectivity index (χ4n) is 2.71. The molecule has 2 aromatic carbocycles. The molecule has 0 aliphatic carbocycles. The number of hydrogen-bond donors (Lipinski definition) is 1.